The molecule has 0 aliphatic carbocycles. The van der Waals surface area contributed by atoms with Crippen molar-refractivity contribution in [3.05, 3.63) is 12.2 Å². The summed E-state index contributed by atoms with van der Waals surface area (Å²) in [5.74, 6) is -0.920. The molecule has 0 spiro atoms. The molecule has 7 heteroatoms. The molecule has 0 radical (unpaired) electrons. The highest BCUT2D eigenvalue weighted by Gasteiger charge is 2.34. The first-order valence-corrected chi connectivity index (χ1v) is 8.27. The van der Waals surface area contributed by atoms with Crippen LogP contribution in [0.1, 0.15) is 46.5 Å². The Morgan fingerprint density at radius 2 is 1.90 bits per heavy atom. The molecule has 20 heavy (non-hydrogen) atoms. The van der Waals surface area contributed by atoms with E-state index in [1.54, 1.807) is 0 Å². The monoisotopic (exact) mass is 307 g/mol. The fourth-order valence-corrected chi connectivity index (χ4v) is 2.38. The molecule has 3 N–H and O–H groups in total. The van der Waals surface area contributed by atoms with E-state index in [4.69, 9.17) is 15.0 Å². The largest absolute Gasteiger partial charge is 0.457 e. The van der Waals surface area contributed by atoms with Crippen LogP contribution in [0, 0.1) is 0 Å². The minimum atomic E-state index is -4.02. The Morgan fingerprint density at radius 1 is 1.40 bits per heavy atom. The van der Waals surface area contributed by atoms with Crippen molar-refractivity contribution in [2.75, 3.05) is 5.75 Å². The maximum absolute atomic E-state index is 11.6. The first kappa shape index (κ1) is 19.1. The lowest BCUT2D eigenvalue weighted by atomic mass is 9.85. The molecule has 0 aromatic carbocycles. The van der Waals surface area contributed by atoms with Gasteiger partial charge < -0.3 is 10.5 Å². The fourth-order valence-electron chi connectivity index (χ4n) is 1.85. The summed E-state index contributed by atoms with van der Waals surface area (Å²) in [7, 11) is -4.02. The van der Waals surface area contributed by atoms with Crippen molar-refractivity contribution in [3.63, 3.8) is 0 Å². The van der Waals surface area contributed by atoms with E-state index < -0.39 is 27.7 Å². The maximum atomic E-state index is 11.6. The summed E-state index contributed by atoms with van der Waals surface area (Å²) in [6, 6.07) is 0. The molecule has 1 unspecified atom stereocenters. The van der Waals surface area contributed by atoms with E-state index in [-0.39, 0.29) is 24.2 Å². The summed E-state index contributed by atoms with van der Waals surface area (Å²) < 4.78 is 35.5. The minimum Gasteiger partial charge on any atom is -0.457 e. The first-order chi connectivity index (χ1) is 9.05. The summed E-state index contributed by atoms with van der Waals surface area (Å²) in [4.78, 5) is 11.6. The van der Waals surface area contributed by atoms with Gasteiger partial charge in [0.05, 0.1) is 11.3 Å². The molecular weight excluding hydrogens is 282 g/mol. The second kappa shape index (κ2) is 7.75. The fraction of sp³-hybridized carbons (Fsp3) is 0.769. The van der Waals surface area contributed by atoms with Crippen LogP contribution in [0.3, 0.4) is 0 Å². The van der Waals surface area contributed by atoms with E-state index in [0.29, 0.717) is 12.8 Å². The van der Waals surface area contributed by atoms with Gasteiger partial charge in [-0.1, -0.05) is 20.4 Å². The third-order valence-corrected chi connectivity index (χ3v) is 4.23. The van der Waals surface area contributed by atoms with Crippen LogP contribution in [-0.2, 0) is 19.6 Å². The van der Waals surface area contributed by atoms with E-state index in [0.717, 1.165) is 0 Å². The highest BCUT2D eigenvalue weighted by atomic mass is 32.2. The topological polar surface area (TPSA) is 107 Å². The van der Waals surface area contributed by atoms with Crippen LogP contribution in [-0.4, -0.2) is 36.3 Å². The van der Waals surface area contributed by atoms with Crippen molar-refractivity contribution in [2.24, 2.45) is 5.73 Å². The van der Waals surface area contributed by atoms with Crippen LogP contribution in [0.5, 0.6) is 0 Å². The second-order valence-corrected chi connectivity index (χ2v) is 6.61. The van der Waals surface area contributed by atoms with Crippen molar-refractivity contribution in [3.8, 4) is 0 Å². The molecule has 0 aliphatic rings. The summed E-state index contributed by atoms with van der Waals surface area (Å²) in [5, 5.41) is 0. The molecule has 0 aromatic heterocycles. The van der Waals surface area contributed by atoms with Crippen LogP contribution >= 0.6 is 0 Å². The smallest absolute Gasteiger partial charge is 0.333 e. The molecule has 0 fully saturated rings. The molecule has 0 bridgehead atoms. The van der Waals surface area contributed by atoms with Gasteiger partial charge in [-0.05, 0) is 32.6 Å². The van der Waals surface area contributed by atoms with Crippen LogP contribution in [0.4, 0.5) is 0 Å². The summed E-state index contributed by atoms with van der Waals surface area (Å²) in [5.41, 5.74) is 5.77. The number of hydrogen-bond donors (Lipinski definition) is 2. The molecular formula is C13H25NO5S. The van der Waals surface area contributed by atoms with E-state index in [1.807, 2.05) is 13.8 Å². The van der Waals surface area contributed by atoms with Gasteiger partial charge in [0, 0.05) is 5.57 Å². The normalized spacial score (nSPS) is 13.8. The summed E-state index contributed by atoms with van der Waals surface area (Å²) in [6.45, 7) is 8.81. The van der Waals surface area contributed by atoms with Crippen molar-refractivity contribution in [1.82, 2.24) is 0 Å². The number of ether oxygens (including phenoxy) is 1. The van der Waals surface area contributed by atoms with Crippen molar-refractivity contribution >= 4 is 16.1 Å². The van der Waals surface area contributed by atoms with E-state index in [9.17, 15) is 13.2 Å². The average Bonchev–Trinajstić information content (AvgIpc) is 2.34. The number of nitrogens with two attached hydrogens (primary N) is 1. The highest BCUT2D eigenvalue weighted by molar-refractivity contribution is 7.85. The zero-order chi connectivity index (χ0) is 16.0. The van der Waals surface area contributed by atoms with Crippen molar-refractivity contribution in [2.45, 2.75) is 58.1 Å². The average molecular weight is 307 g/mol. The lowest BCUT2D eigenvalue weighted by Crippen LogP contribution is -2.52. The Hall–Kier alpha value is -0.920. The van der Waals surface area contributed by atoms with Crippen LogP contribution in [0.2, 0.25) is 0 Å². The number of carbonyl (C=O) groups excluding carboxylic acids is 1. The van der Waals surface area contributed by atoms with Gasteiger partial charge in [-0.15, -0.1) is 0 Å². The third kappa shape index (κ3) is 6.49. The molecule has 0 rings (SSSR count). The predicted molar refractivity (Wildman–Crippen MR) is 77.8 cm³/mol. The van der Waals surface area contributed by atoms with Crippen LogP contribution in [0.15, 0.2) is 12.2 Å². The number of esters is 1. The van der Waals surface area contributed by atoms with Gasteiger partial charge in [0.25, 0.3) is 10.1 Å². The summed E-state index contributed by atoms with van der Waals surface area (Å²) in [6.07, 6.45) is 1.01. The second-order valence-electron chi connectivity index (χ2n) is 5.04. The van der Waals surface area contributed by atoms with Gasteiger partial charge in [0.1, 0.15) is 6.10 Å². The van der Waals surface area contributed by atoms with Gasteiger partial charge in [-0.25, -0.2) is 4.79 Å². The van der Waals surface area contributed by atoms with Crippen LogP contribution in [0.25, 0.3) is 0 Å². The van der Waals surface area contributed by atoms with E-state index in [2.05, 4.69) is 6.58 Å². The molecule has 0 heterocycles. The number of carbonyl (C=O) groups is 1. The SMILES string of the molecule is C=C(C)C(=O)OC(CCCS(=O)(=O)O)C(N)(CC)CC. The van der Waals surface area contributed by atoms with E-state index in [1.165, 1.54) is 6.92 Å². The van der Waals surface area contributed by atoms with Gasteiger partial charge in [-0.3, -0.25) is 4.55 Å². The van der Waals surface area contributed by atoms with Gasteiger partial charge in [0.15, 0.2) is 0 Å². The Bertz CT molecular complexity index is 440. The van der Waals surface area contributed by atoms with Crippen LogP contribution < -0.4 is 5.73 Å². The minimum absolute atomic E-state index is 0.173. The van der Waals surface area contributed by atoms with Crippen molar-refractivity contribution in [1.29, 1.82) is 0 Å². The Kier molecular flexibility index (Phi) is 7.40. The van der Waals surface area contributed by atoms with Gasteiger partial charge in [-0.2, -0.15) is 8.42 Å². The Labute approximate surface area is 121 Å². The molecule has 118 valence electrons. The van der Waals surface area contributed by atoms with E-state index >= 15 is 0 Å². The van der Waals surface area contributed by atoms with Gasteiger partial charge in [0.2, 0.25) is 0 Å². The molecule has 6 nitrogen and oxygen atoms in total. The molecule has 0 aromatic rings. The zero-order valence-corrected chi connectivity index (χ0v) is 13.2. The van der Waals surface area contributed by atoms with Gasteiger partial charge >= 0.3 is 5.97 Å². The summed E-state index contributed by atoms with van der Waals surface area (Å²) >= 11 is 0. The standard InChI is InChI=1S/C13H25NO5S/c1-5-13(14,6-2)11(19-12(15)10(3)4)8-7-9-20(16,17)18/h11H,3,5-9,14H2,1-2,4H3,(H,16,17,18). The number of hydrogen-bond acceptors (Lipinski definition) is 5. The zero-order valence-electron chi connectivity index (χ0n) is 12.4. The molecule has 0 saturated carbocycles. The highest BCUT2D eigenvalue weighted by Crippen LogP contribution is 2.24. The maximum Gasteiger partial charge on any atom is 0.333 e. The van der Waals surface area contributed by atoms with Crippen molar-refractivity contribution < 1.29 is 22.5 Å². The molecule has 0 saturated heterocycles. The molecule has 0 amide bonds. The number of rotatable bonds is 9. The molecule has 0 aliphatic heterocycles. The predicted octanol–water partition coefficient (Wildman–Crippen LogP) is 1.66. The quantitative estimate of drug-likeness (QED) is 0.381. The lowest BCUT2D eigenvalue weighted by molar-refractivity contribution is -0.148. The molecule has 1 atom stereocenters. The first-order valence-electron chi connectivity index (χ1n) is 6.66. The Balaban J connectivity index is 4.88. The third-order valence-electron chi connectivity index (χ3n) is 3.42. The Morgan fingerprint density at radius 3 is 2.25 bits per heavy atom. The lowest BCUT2D eigenvalue weighted by Gasteiger charge is -2.35.